The molecule has 1 aromatic heterocycles. The number of aromatic nitrogens is 1. The molecule has 1 fully saturated rings. The van der Waals surface area contributed by atoms with Gasteiger partial charge in [-0.2, -0.15) is 11.8 Å². The van der Waals surface area contributed by atoms with Crippen molar-refractivity contribution in [1.29, 1.82) is 0 Å². The summed E-state index contributed by atoms with van der Waals surface area (Å²) in [6.07, 6.45) is 3.81. The number of aryl methyl sites for hydroxylation is 1. The molecule has 0 radical (unpaired) electrons. The predicted molar refractivity (Wildman–Crippen MR) is 88.6 cm³/mol. The van der Waals surface area contributed by atoms with Crippen LogP contribution in [0.15, 0.2) is 0 Å². The van der Waals surface area contributed by atoms with Crippen molar-refractivity contribution in [2.24, 2.45) is 0 Å². The van der Waals surface area contributed by atoms with Crippen LogP contribution in [0.3, 0.4) is 0 Å². The molecule has 0 saturated carbocycles. The van der Waals surface area contributed by atoms with Crippen molar-refractivity contribution >= 4 is 34.9 Å². The van der Waals surface area contributed by atoms with Crippen LogP contribution in [0.1, 0.15) is 53.6 Å². The van der Waals surface area contributed by atoms with E-state index in [-0.39, 0.29) is 0 Å². The van der Waals surface area contributed by atoms with Gasteiger partial charge in [0.1, 0.15) is 5.01 Å². The molecule has 3 rings (SSSR count). The van der Waals surface area contributed by atoms with Crippen molar-refractivity contribution in [3.63, 3.8) is 0 Å². The van der Waals surface area contributed by atoms with E-state index in [2.05, 4.69) is 42.7 Å². The smallest absolute Gasteiger partial charge is 0.107 e. The number of nitrogens with zero attached hydrogens (tertiary/aromatic N) is 1. The molecule has 19 heavy (non-hydrogen) atoms. The second kappa shape index (κ2) is 6.37. The van der Waals surface area contributed by atoms with Crippen LogP contribution >= 0.6 is 34.9 Å². The first-order valence-corrected chi connectivity index (χ1v) is 10.2. The van der Waals surface area contributed by atoms with Gasteiger partial charge in [0, 0.05) is 21.6 Å². The molecule has 1 saturated heterocycles. The summed E-state index contributed by atoms with van der Waals surface area (Å²) in [4.78, 5) is 6.60. The fraction of sp³-hybridized carbons (Fsp3) is 0.786. The maximum atomic E-state index is 5.05. The first-order chi connectivity index (χ1) is 9.29. The largest absolute Gasteiger partial charge is 0.309 e. The molecule has 2 heterocycles. The van der Waals surface area contributed by atoms with Crippen LogP contribution in [0.4, 0.5) is 0 Å². The lowest BCUT2D eigenvalue weighted by molar-refractivity contribution is 0.464. The van der Waals surface area contributed by atoms with Gasteiger partial charge in [0.2, 0.25) is 0 Å². The molecule has 1 aliphatic heterocycles. The molecule has 0 bridgehead atoms. The molecule has 106 valence electrons. The van der Waals surface area contributed by atoms with Gasteiger partial charge in [0.05, 0.1) is 17.0 Å². The number of fused-ring (bicyclic) bond motifs is 1. The molecular formula is C14H22N2S3. The molecule has 3 unspecified atom stereocenters. The number of nitrogens with one attached hydrogen (secondary N) is 1. The Balaban J connectivity index is 1.84. The zero-order valence-electron chi connectivity index (χ0n) is 11.6. The van der Waals surface area contributed by atoms with Gasteiger partial charge in [-0.15, -0.1) is 23.1 Å². The number of hydrogen-bond acceptors (Lipinski definition) is 5. The maximum Gasteiger partial charge on any atom is 0.107 e. The zero-order chi connectivity index (χ0) is 13.2. The number of hydrogen-bond donors (Lipinski definition) is 1. The summed E-state index contributed by atoms with van der Waals surface area (Å²) in [5.74, 6) is 2.58. The summed E-state index contributed by atoms with van der Waals surface area (Å²) in [7, 11) is 0. The molecule has 1 N–H and O–H groups in total. The van der Waals surface area contributed by atoms with Crippen LogP contribution in [-0.2, 0) is 6.42 Å². The van der Waals surface area contributed by atoms with Crippen molar-refractivity contribution in [3.8, 4) is 0 Å². The number of thioether (sulfide) groups is 2. The first kappa shape index (κ1) is 14.2. The van der Waals surface area contributed by atoms with Crippen molar-refractivity contribution in [1.82, 2.24) is 10.3 Å². The summed E-state index contributed by atoms with van der Waals surface area (Å²) < 4.78 is 0. The summed E-state index contributed by atoms with van der Waals surface area (Å²) in [6, 6.07) is 0.510. The molecule has 2 aliphatic rings. The normalized spacial score (nSPS) is 31.2. The number of rotatable bonds is 3. The van der Waals surface area contributed by atoms with Crippen LogP contribution in [0, 0.1) is 0 Å². The lowest BCUT2D eigenvalue weighted by Crippen LogP contribution is -2.24. The van der Waals surface area contributed by atoms with Gasteiger partial charge in [-0.05, 0) is 25.8 Å². The van der Waals surface area contributed by atoms with Crippen LogP contribution in [0.25, 0.3) is 0 Å². The third-order valence-corrected chi connectivity index (χ3v) is 8.31. The van der Waals surface area contributed by atoms with Gasteiger partial charge in [0.25, 0.3) is 0 Å². The molecule has 0 spiro atoms. The van der Waals surface area contributed by atoms with Gasteiger partial charge in [0.15, 0.2) is 0 Å². The highest BCUT2D eigenvalue weighted by molar-refractivity contribution is 8.06. The highest BCUT2D eigenvalue weighted by Gasteiger charge is 2.30. The average molecular weight is 315 g/mol. The Morgan fingerprint density at radius 1 is 1.32 bits per heavy atom. The van der Waals surface area contributed by atoms with E-state index in [1.54, 1.807) is 4.88 Å². The summed E-state index contributed by atoms with van der Waals surface area (Å²) >= 11 is 6.21. The molecule has 0 amide bonds. The molecule has 1 aliphatic carbocycles. The lowest BCUT2D eigenvalue weighted by Gasteiger charge is -2.26. The van der Waals surface area contributed by atoms with E-state index in [9.17, 15) is 0 Å². The molecular weight excluding hydrogens is 292 g/mol. The minimum atomic E-state index is 0.510. The Labute approximate surface area is 128 Å². The Kier molecular flexibility index (Phi) is 4.78. The molecule has 1 aromatic rings. The third kappa shape index (κ3) is 2.99. The lowest BCUT2D eigenvalue weighted by atomic mass is 9.98. The number of thiazole rings is 1. The van der Waals surface area contributed by atoms with Gasteiger partial charge in [-0.3, -0.25) is 0 Å². The van der Waals surface area contributed by atoms with Crippen molar-refractivity contribution < 1.29 is 0 Å². The SMILES string of the molecule is CCNC1CCCc2sc(C3SCCSC3C)nc21. The maximum absolute atomic E-state index is 5.05. The Bertz CT molecular complexity index is 432. The summed E-state index contributed by atoms with van der Waals surface area (Å²) in [6.45, 7) is 5.60. The molecule has 0 aromatic carbocycles. The minimum Gasteiger partial charge on any atom is -0.309 e. The average Bonchev–Trinajstić information content (AvgIpc) is 2.84. The third-order valence-electron chi connectivity index (χ3n) is 3.85. The monoisotopic (exact) mass is 314 g/mol. The van der Waals surface area contributed by atoms with Crippen LogP contribution in [0.2, 0.25) is 0 Å². The molecule has 2 nitrogen and oxygen atoms in total. The van der Waals surface area contributed by atoms with Crippen LogP contribution in [0.5, 0.6) is 0 Å². The molecule has 5 heteroatoms. The van der Waals surface area contributed by atoms with E-state index >= 15 is 0 Å². The quantitative estimate of drug-likeness (QED) is 0.910. The van der Waals surface area contributed by atoms with E-state index in [1.807, 2.05) is 11.3 Å². The topological polar surface area (TPSA) is 24.9 Å². The van der Waals surface area contributed by atoms with Gasteiger partial charge < -0.3 is 5.32 Å². The summed E-state index contributed by atoms with van der Waals surface area (Å²) in [5, 5.41) is 6.32. The highest BCUT2D eigenvalue weighted by atomic mass is 32.2. The van der Waals surface area contributed by atoms with Gasteiger partial charge >= 0.3 is 0 Å². The Morgan fingerprint density at radius 3 is 2.95 bits per heavy atom. The van der Waals surface area contributed by atoms with Crippen molar-refractivity contribution in [2.45, 2.75) is 49.7 Å². The van der Waals surface area contributed by atoms with Crippen LogP contribution in [-0.4, -0.2) is 28.3 Å². The Morgan fingerprint density at radius 2 is 2.16 bits per heavy atom. The minimum absolute atomic E-state index is 0.510. The first-order valence-electron chi connectivity index (χ1n) is 7.25. The van der Waals surface area contributed by atoms with Crippen molar-refractivity contribution in [2.75, 3.05) is 18.1 Å². The van der Waals surface area contributed by atoms with E-state index in [0.717, 1.165) is 6.54 Å². The second-order valence-corrected chi connectivity index (χ2v) is 9.08. The van der Waals surface area contributed by atoms with E-state index in [1.165, 1.54) is 41.5 Å². The second-order valence-electron chi connectivity index (χ2n) is 5.23. The van der Waals surface area contributed by atoms with E-state index in [4.69, 9.17) is 4.98 Å². The van der Waals surface area contributed by atoms with Crippen LogP contribution < -0.4 is 5.32 Å². The zero-order valence-corrected chi connectivity index (χ0v) is 14.1. The van der Waals surface area contributed by atoms with E-state index in [0.29, 0.717) is 16.5 Å². The van der Waals surface area contributed by atoms with E-state index < -0.39 is 0 Å². The summed E-state index contributed by atoms with van der Waals surface area (Å²) in [5.41, 5.74) is 1.37. The standard InChI is InChI=1S/C14H22N2S3/c1-3-15-10-5-4-6-11-12(10)16-14(19-11)13-9(2)17-7-8-18-13/h9-10,13,15H,3-8H2,1-2H3. The van der Waals surface area contributed by atoms with Gasteiger partial charge in [-0.25, -0.2) is 4.98 Å². The predicted octanol–water partition coefficient (Wildman–Crippen LogP) is 4.04. The Hall–Kier alpha value is 0.290. The highest BCUT2D eigenvalue weighted by Crippen LogP contribution is 2.45. The fourth-order valence-electron chi connectivity index (χ4n) is 2.91. The van der Waals surface area contributed by atoms with Gasteiger partial charge in [-0.1, -0.05) is 13.8 Å². The van der Waals surface area contributed by atoms with Crippen molar-refractivity contribution in [3.05, 3.63) is 15.6 Å². The molecule has 3 atom stereocenters. The fourth-order valence-corrected chi connectivity index (χ4v) is 7.24.